The van der Waals surface area contributed by atoms with Crippen LogP contribution in [0.15, 0.2) is 120 Å². The summed E-state index contributed by atoms with van der Waals surface area (Å²) in [4.78, 5) is 4.76. The van der Waals surface area contributed by atoms with Crippen molar-refractivity contribution in [2.24, 2.45) is 4.99 Å². The van der Waals surface area contributed by atoms with Gasteiger partial charge >= 0.3 is 0 Å². The number of methoxy groups -OCH3 is 1. The van der Waals surface area contributed by atoms with Gasteiger partial charge in [0.15, 0.2) is 0 Å². The van der Waals surface area contributed by atoms with Crippen molar-refractivity contribution in [3.8, 4) is 5.75 Å². The highest BCUT2D eigenvalue weighted by Gasteiger charge is 2.51. The molecule has 0 aliphatic heterocycles. The average Bonchev–Trinajstić information content (AvgIpc) is 2.98. The molecule has 0 unspecified atom stereocenters. The lowest BCUT2D eigenvalue weighted by Gasteiger charge is -2.45. The zero-order valence-corrected chi connectivity index (χ0v) is 25.3. The van der Waals surface area contributed by atoms with Crippen LogP contribution in [0.25, 0.3) is 0 Å². The van der Waals surface area contributed by atoms with Crippen LogP contribution in [0, 0.1) is 0 Å². The van der Waals surface area contributed by atoms with Crippen LogP contribution in [0.4, 0.5) is 5.69 Å². The zero-order chi connectivity index (χ0) is 28.4. The van der Waals surface area contributed by atoms with Crippen LogP contribution in [0.3, 0.4) is 0 Å². The largest absolute Gasteiger partial charge is 0.497 e. The van der Waals surface area contributed by atoms with E-state index in [2.05, 4.69) is 100 Å². The number of hydrogen-bond donors (Lipinski definition) is 0. The maximum absolute atomic E-state index is 7.32. The molecule has 0 saturated heterocycles. The predicted molar refractivity (Wildman–Crippen MR) is 169 cm³/mol. The van der Waals surface area contributed by atoms with Gasteiger partial charge in [-0.15, -0.1) is 0 Å². The van der Waals surface area contributed by atoms with Gasteiger partial charge in [-0.25, -0.2) is 0 Å². The minimum atomic E-state index is -2.68. The van der Waals surface area contributed by atoms with Crippen LogP contribution in [0.5, 0.6) is 5.75 Å². The molecule has 0 fully saturated rings. The molecular formula is C35H41NO3Si. The molecule has 208 valence electrons. The molecular weight excluding hydrogens is 510 g/mol. The first-order valence-corrected chi connectivity index (χ1v) is 15.9. The molecule has 5 heteroatoms. The topological polar surface area (TPSA) is 40.0 Å². The molecule has 4 aromatic rings. The summed E-state index contributed by atoms with van der Waals surface area (Å²) < 4.78 is 19.1. The van der Waals surface area contributed by atoms with Crippen LogP contribution < -0.4 is 15.1 Å². The normalized spacial score (nSPS) is 13.7. The number of nitrogens with zero attached hydrogens (tertiary/aromatic N) is 1. The molecule has 0 heterocycles. The number of hydrogen-bond acceptors (Lipinski definition) is 4. The zero-order valence-electron chi connectivity index (χ0n) is 24.3. The standard InChI is InChI=1S/C35H41NO3Si/c1-28(39-40(35(2,3)4,33-17-11-7-12-18-33)34-19-13-8-14-20-34)25-32(38-27-29-15-9-6-10-16-29)26-36-30-21-23-31(37-5)24-22-30/h6-24,26,28,32H,25,27H2,1-5H3/t28-,32-/m0/s1. The van der Waals surface area contributed by atoms with E-state index < -0.39 is 8.32 Å². The van der Waals surface area contributed by atoms with Gasteiger partial charge in [-0.05, 0) is 52.2 Å². The number of ether oxygens (including phenoxy) is 2. The number of aliphatic imine (C=N–C) groups is 1. The summed E-state index contributed by atoms with van der Waals surface area (Å²) in [5.74, 6) is 0.808. The third kappa shape index (κ3) is 7.36. The molecule has 0 radical (unpaired) electrons. The molecule has 4 rings (SSSR count). The Bertz CT molecular complexity index is 1280. The summed E-state index contributed by atoms with van der Waals surface area (Å²) in [6, 6.07) is 39.5. The third-order valence-corrected chi connectivity index (χ3v) is 12.3. The van der Waals surface area contributed by atoms with E-state index >= 15 is 0 Å². The van der Waals surface area contributed by atoms with Crippen LogP contribution >= 0.6 is 0 Å². The molecule has 40 heavy (non-hydrogen) atoms. The molecule has 4 aromatic carbocycles. The molecule has 0 N–H and O–H groups in total. The Balaban J connectivity index is 1.62. The second-order valence-corrected chi connectivity index (χ2v) is 15.4. The summed E-state index contributed by atoms with van der Waals surface area (Å²) in [5.41, 5.74) is 1.99. The summed E-state index contributed by atoms with van der Waals surface area (Å²) in [7, 11) is -1.01. The first kappa shape index (κ1) is 29.5. The van der Waals surface area contributed by atoms with E-state index in [0.717, 1.165) is 17.0 Å². The van der Waals surface area contributed by atoms with E-state index in [1.165, 1.54) is 10.4 Å². The smallest absolute Gasteiger partial charge is 0.261 e. The number of rotatable bonds is 12. The second-order valence-electron chi connectivity index (χ2n) is 11.1. The van der Waals surface area contributed by atoms with Crippen LogP contribution in [0.1, 0.15) is 39.7 Å². The maximum Gasteiger partial charge on any atom is 0.261 e. The Morgan fingerprint density at radius 2 is 1.27 bits per heavy atom. The monoisotopic (exact) mass is 551 g/mol. The molecule has 0 aliphatic rings. The van der Waals surface area contributed by atoms with Crippen LogP contribution in [-0.4, -0.2) is 33.8 Å². The lowest BCUT2D eigenvalue weighted by Crippen LogP contribution is -2.67. The lowest BCUT2D eigenvalue weighted by molar-refractivity contribution is 0.0530. The first-order valence-electron chi connectivity index (χ1n) is 13.9. The fourth-order valence-corrected chi connectivity index (χ4v) is 9.87. The van der Waals surface area contributed by atoms with Crippen molar-refractivity contribution >= 4 is 30.6 Å². The van der Waals surface area contributed by atoms with Gasteiger partial charge in [0.2, 0.25) is 0 Å². The molecule has 0 aliphatic carbocycles. The SMILES string of the molecule is COc1ccc(N=C[C@H](C[C@H](C)O[Si](c2ccccc2)(c2ccccc2)C(C)(C)C)OCc2ccccc2)cc1. The first-order chi connectivity index (χ1) is 19.3. The van der Waals surface area contributed by atoms with Gasteiger partial charge in [-0.3, -0.25) is 4.99 Å². The highest BCUT2D eigenvalue weighted by molar-refractivity contribution is 6.99. The van der Waals surface area contributed by atoms with Gasteiger partial charge < -0.3 is 13.9 Å². The van der Waals surface area contributed by atoms with Crippen LogP contribution in [-0.2, 0) is 15.8 Å². The van der Waals surface area contributed by atoms with E-state index in [0.29, 0.717) is 13.0 Å². The lowest BCUT2D eigenvalue weighted by atomic mass is 10.2. The molecule has 0 saturated carbocycles. The highest BCUT2D eigenvalue weighted by atomic mass is 28.4. The Morgan fingerprint density at radius 1 is 0.750 bits per heavy atom. The van der Waals surface area contributed by atoms with Crippen molar-refractivity contribution in [2.75, 3.05) is 7.11 Å². The minimum Gasteiger partial charge on any atom is -0.497 e. The van der Waals surface area contributed by atoms with Crippen molar-refractivity contribution in [3.05, 3.63) is 121 Å². The fraction of sp³-hybridized carbons (Fsp3) is 0.286. The maximum atomic E-state index is 7.32. The van der Waals surface area contributed by atoms with E-state index in [1.54, 1.807) is 7.11 Å². The third-order valence-electron chi connectivity index (χ3n) is 7.13. The van der Waals surface area contributed by atoms with Gasteiger partial charge in [0.25, 0.3) is 8.32 Å². The van der Waals surface area contributed by atoms with Gasteiger partial charge in [0.05, 0.1) is 25.5 Å². The molecule has 4 nitrogen and oxygen atoms in total. The summed E-state index contributed by atoms with van der Waals surface area (Å²) in [6.45, 7) is 9.59. The molecule has 0 aromatic heterocycles. The molecule has 2 atom stereocenters. The van der Waals surface area contributed by atoms with Crippen molar-refractivity contribution in [1.82, 2.24) is 0 Å². The molecule has 0 amide bonds. The second kappa shape index (κ2) is 13.7. The van der Waals surface area contributed by atoms with Crippen molar-refractivity contribution in [3.63, 3.8) is 0 Å². The Morgan fingerprint density at radius 3 is 1.77 bits per heavy atom. The van der Waals surface area contributed by atoms with Gasteiger partial charge in [0.1, 0.15) is 5.75 Å². The van der Waals surface area contributed by atoms with Crippen LogP contribution in [0.2, 0.25) is 5.04 Å². The Kier molecular flexibility index (Phi) is 10.1. The Hall–Kier alpha value is -3.51. The predicted octanol–water partition coefficient (Wildman–Crippen LogP) is 7.34. The molecule has 0 bridgehead atoms. The van der Waals surface area contributed by atoms with E-state index in [9.17, 15) is 0 Å². The average molecular weight is 552 g/mol. The fourth-order valence-electron chi connectivity index (χ4n) is 5.16. The van der Waals surface area contributed by atoms with Crippen molar-refractivity contribution in [1.29, 1.82) is 0 Å². The quantitative estimate of drug-likeness (QED) is 0.137. The van der Waals surface area contributed by atoms with Gasteiger partial charge in [-0.1, -0.05) is 112 Å². The summed E-state index contributed by atoms with van der Waals surface area (Å²) >= 11 is 0. The number of benzene rings is 4. The van der Waals surface area contributed by atoms with Crippen molar-refractivity contribution in [2.45, 2.75) is 58.0 Å². The minimum absolute atomic E-state index is 0.0746. The van der Waals surface area contributed by atoms with Crippen molar-refractivity contribution < 1.29 is 13.9 Å². The highest BCUT2D eigenvalue weighted by Crippen LogP contribution is 2.38. The van der Waals surface area contributed by atoms with Gasteiger partial charge in [0, 0.05) is 18.7 Å². The molecule has 0 spiro atoms. The Labute approximate surface area is 240 Å². The van der Waals surface area contributed by atoms with E-state index in [-0.39, 0.29) is 17.2 Å². The van der Waals surface area contributed by atoms with E-state index in [1.807, 2.05) is 48.7 Å². The van der Waals surface area contributed by atoms with E-state index in [4.69, 9.17) is 18.9 Å². The van der Waals surface area contributed by atoms with Gasteiger partial charge in [-0.2, -0.15) is 0 Å². The summed E-state index contributed by atoms with van der Waals surface area (Å²) in [6.07, 6.45) is 2.29. The summed E-state index contributed by atoms with van der Waals surface area (Å²) in [5, 5.41) is 2.45.